The molecule has 0 atom stereocenters. The second kappa shape index (κ2) is 5.10. The maximum atomic E-state index is 12.9. The number of halogens is 1. The molecule has 5 heteroatoms. The molecule has 0 N–H and O–H groups in total. The van der Waals surface area contributed by atoms with E-state index in [9.17, 15) is 12.8 Å². The lowest BCUT2D eigenvalue weighted by molar-refractivity contribution is 0.598. The van der Waals surface area contributed by atoms with Gasteiger partial charge in [-0.3, -0.25) is 0 Å². The van der Waals surface area contributed by atoms with E-state index in [1.807, 2.05) is 0 Å². The molecule has 18 heavy (non-hydrogen) atoms. The summed E-state index contributed by atoms with van der Waals surface area (Å²) >= 11 is 0. The van der Waals surface area contributed by atoms with Crippen LogP contribution < -0.4 is 0 Å². The monoisotopic (exact) mass is 263 g/mol. The Hall–Kier alpha value is -2.01. The number of nitrogens with zero attached hydrogens (tertiary/aromatic N) is 1. The van der Waals surface area contributed by atoms with E-state index in [-0.39, 0.29) is 4.90 Å². The summed E-state index contributed by atoms with van der Waals surface area (Å²) in [5, 5.41) is 0. The quantitative estimate of drug-likeness (QED) is 0.799. The van der Waals surface area contributed by atoms with Gasteiger partial charge in [-0.05, 0) is 29.8 Å². The largest absolute Gasteiger partial charge is 0.282 e. The second-order valence-corrected chi connectivity index (χ2v) is 5.21. The van der Waals surface area contributed by atoms with Gasteiger partial charge in [0, 0.05) is 6.21 Å². The average Bonchev–Trinajstić information content (AvgIpc) is 2.38. The van der Waals surface area contributed by atoms with Crippen molar-refractivity contribution in [3.8, 4) is 0 Å². The fraction of sp³-hybridized carbons (Fsp3) is 0. The molecule has 0 spiro atoms. The fourth-order valence-electron chi connectivity index (χ4n) is 1.37. The van der Waals surface area contributed by atoms with E-state index in [0.29, 0.717) is 5.56 Å². The number of benzene rings is 2. The van der Waals surface area contributed by atoms with Gasteiger partial charge in [-0.15, -0.1) is 0 Å². The molecule has 0 saturated carbocycles. The number of hydrogen-bond acceptors (Lipinski definition) is 2. The van der Waals surface area contributed by atoms with Gasteiger partial charge in [0.05, 0.1) is 4.90 Å². The Morgan fingerprint density at radius 2 is 1.72 bits per heavy atom. The van der Waals surface area contributed by atoms with Crippen molar-refractivity contribution in [2.24, 2.45) is 4.40 Å². The molecule has 0 fully saturated rings. The highest BCUT2D eigenvalue weighted by atomic mass is 32.2. The van der Waals surface area contributed by atoms with Gasteiger partial charge >= 0.3 is 0 Å². The van der Waals surface area contributed by atoms with Crippen LogP contribution in [-0.2, 0) is 10.0 Å². The van der Waals surface area contributed by atoms with Crippen LogP contribution in [0.3, 0.4) is 0 Å². The van der Waals surface area contributed by atoms with E-state index in [2.05, 4.69) is 4.40 Å². The summed E-state index contributed by atoms with van der Waals surface area (Å²) < 4.78 is 40.0. The molecule has 0 radical (unpaired) electrons. The minimum absolute atomic E-state index is 0.109. The van der Waals surface area contributed by atoms with Gasteiger partial charge in [0.15, 0.2) is 0 Å². The molecular weight excluding hydrogens is 253 g/mol. The third-order valence-corrected chi connectivity index (χ3v) is 3.48. The van der Waals surface area contributed by atoms with Gasteiger partial charge in [-0.2, -0.15) is 12.8 Å². The lowest BCUT2D eigenvalue weighted by Crippen LogP contribution is -1.97. The maximum Gasteiger partial charge on any atom is 0.282 e. The molecule has 3 nitrogen and oxygen atoms in total. The van der Waals surface area contributed by atoms with Crippen LogP contribution in [0.2, 0.25) is 0 Å². The molecule has 0 aliphatic rings. The molecule has 0 unspecified atom stereocenters. The maximum absolute atomic E-state index is 12.9. The van der Waals surface area contributed by atoms with Gasteiger partial charge in [-0.1, -0.05) is 30.3 Å². The molecule has 0 amide bonds. The summed E-state index contributed by atoms with van der Waals surface area (Å²) in [7, 11) is -3.72. The standard InChI is InChI=1S/C13H10FNO2S/c14-12-6-4-5-11(9-12)10-15-18(16,17)13-7-2-1-3-8-13/h1-10H/b15-10-. The van der Waals surface area contributed by atoms with Crippen LogP contribution >= 0.6 is 0 Å². The first kappa shape index (κ1) is 12.4. The minimum atomic E-state index is -3.72. The summed E-state index contributed by atoms with van der Waals surface area (Å²) in [6.07, 6.45) is 1.13. The third kappa shape index (κ3) is 3.01. The van der Waals surface area contributed by atoms with E-state index >= 15 is 0 Å². The Morgan fingerprint density at radius 3 is 2.39 bits per heavy atom. The molecule has 0 heterocycles. The zero-order valence-electron chi connectivity index (χ0n) is 9.32. The molecule has 0 aliphatic carbocycles. The lowest BCUT2D eigenvalue weighted by atomic mass is 10.2. The van der Waals surface area contributed by atoms with Gasteiger partial charge in [0.1, 0.15) is 5.82 Å². The first-order chi connectivity index (χ1) is 8.58. The summed E-state index contributed by atoms with van der Waals surface area (Å²) in [5.74, 6) is -0.434. The van der Waals surface area contributed by atoms with Crippen molar-refractivity contribution < 1.29 is 12.8 Å². The smallest absolute Gasteiger partial charge is 0.207 e. The summed E-state index contributed by atoms with van der Waals surface area (Å²) in [5.41, 5.74) is 0.398. The molecule has 0 bridgehead atoms. The van der Waals surface area contributed by atoms with Crippen molar-refractivity contribution in [1.82, 2.24) is 0 Å². The highest BCUT2D eigenvalue weighted by Gasteiger charge is 2.10. The van der Waals surface area contributed by atoms with Crippen molar-refractivity contribution in [2.45, 2.75) is 4.90 Å². The number of rotatable bonds is 3. The van der Waals surface area contributed by atoms with Gasteiger partial charge in [0.25, 0.3) is 10.0 Å². The first-order valence-electron chi connectivity index (χ1n) is 5.19. The van der Waals surface area contributed by atoms with Crippen molar-refractivity contribution in [3.63, 3.8) is 0 Å². The molecule has 2 rings (SSSR count). The van der Waals surface area contributed by atoms with Crippen LogP contribution in [0, 0.1) is 5.82 Å². The predicted octanol–water partition coefficient (Wildman–Crippen LogP) is 2.63. The number of sulfonamides is 1. The molecule has 0 saturated heterocycles. The van der Waals surface area contributed by atoms with Gasteiger partial charge < -0.3 is 0 Å². The van der Waals surface area contributed by atoms with Crippen LogP contribution in [0.25, 0.3) is 0 Å². The summed E-state index contributed by atoms with van der Waals surface area (Å²) in [6.45, 7) is 0. The molecule has 92 valence electrons. The van der Waals surface area contributed by atoms with Crippen LogP contribution in [-0.4, -0.2) is 14.6 Å². The minimum Gasteiger partial charge on any atom is -0.207 e. The topological polar surface area (TPSA) is 46.5 Å². The summed E-state index contributed by atoms with van der Waals surface area (Å²) in [6, 6.07) is 13.4. The van der Waals surface area contributed by atoms with Crippen molar-refractivity contribution in [1.29, 1.82) is 0 Å². The molecule has 2 aromatic carbocycles. The average molecular weight is 263 g/mol. The molecule has 0 aliphatic heterocycles. The SMILES string of the molecule is O=S(=O)(/N=C\c1cccc(F)c1)c1ccccc1. The first-order valence-corrected chi connectivity index (χ1v) is 6.63. The van der Waals surface area contributed by atoms with Crippen LogP contribution in [0.1, 0.15) is 5.56 Å². The molecule has 0 aromatic heterocycles. The molecular formula is C13H10FNO2S. The van der Waals surface area contributed by atoms with Crippen molar-refractivity contribution in [2.75, 3.05) is 0 Å². The van der Waals surface area contributed by atoms with Crippen LogP contribution in [0.5, 0.6) is 0 Å². The van der Waals surface area contributed by atoms with Gasteiger partial charge in [-0.25, -0.2) is 4.39 Å². The Morgan fingerprint density at radius 1 is 1.00 bits per heavy atom. The predicted molar refractivity (Wildman–Crippen MR) is 67.6 cm³/mol. The Kier molecular flexibility index (Phi) is 3.53. The van der Waals surface area contributed by atoms with E-state index in [1.165, 1.54) is 30.3 Å². The molecule has 2 aromatic rings. The van der Waals surface area contributed by atoms with Crippen molar-refractivity contribution in [3.05, 3.63) is 66.0 Å². The van der Waals surface area contributed by atoms with Gasteiger partial charge in [0.2, 0.25) is 0 Å². The third-order valence-electron chi connectivity index (χ3n) is 2.23. The van der Waals surface area contributed by atoms with Crippen molar-refractivity contribution >= 4 is 16.2 Å². The highest BCUT2D eigenvalue weighted by molar-refractivity contribution is 7.90. The van der Waals surface area contributed by atoms with E-state index in [4.69, 9.17) is 0 Å². The normalized spacial score (nSPS) is 11.8. The Balaban J connectivity index is 2.29. The lowest BCUT2D eigenvalue weighted by Gasteiger charge is -1.97. The Labute approximate surface area is 105 Å². The second-order valence-electron chi connectivity index (χ2n) is 3.58. The summed E-state index contributed by atoms with van der Waals surface area (Å²) in [4.78, 5) is 0.109. The fourth-order valence-corrected chi connectivity index (χ4v) is 2.25. The van der Waals surface area contributed by atoms with Crippen LogP contribution in [0.15, 0.2) is 63.9 Å². The Bertz CT molecular complexity index is 666. The highest BCUT2D eigenvalue weighted by Crippen LogP contribution is 2.11. The van der Waals surface area contributed by atoms with E-state index < -0.39 is 15.8 Å². The number of hydrogen-bond donors (Lipinski definition) is 0. The zero-order chi connectivity index (χ0) is 13.0. The zero-order valence-corrected chi connectivity index (χ0v) is 10.1. The van der Waals surface area contributed by atoms with E-state index in [1.54, 1.807) is 24.3 Å². The van der Waals surface area contributed by atoms with Crippen LogP contribution in [0.4, 0.5) is 4.39 Å². The van der Waals surface area contributed by atoms with E-state index in [0.717, 1.165) is 6.21 Å².